The lowest BCUT2D eigenvalue weighted by atomic mass is 10.2. The molecule has 0 saturated carbocycles. The number of nitrogens with one attached hydrogen (secondary N) is 1. The van der Waals surface area contributed by atoms with Gasteiger partial charge in [0.2, 0.25) is 5.91 Å². The van der Waals surface area contributed by atoms with Crippen molar-refractivity contribution in [2.45, 2.75) is 26.4 Å². The van der Waals surface area contributed by atoms with Gasteiger partial charge in [0.05, 0.1) is 18.8 Å². The number of halogens is 2. The average Bonchev–Trinajstić information content (AvgIpc) is 2.81. The van der Waals surface area contributed by atoms with Crippen LogP contribution in [-0.4, -0.2) is 33.4 Å². The van der Waals surface area contributed by atoms with Gasteiger partial charge >= 0.3 is 0 Å². The van der Waals surface area contributed by atoms with Crippen LogP contribution in [0.5, 0.6) is 0 Å². The van der Waals surface area contributed by atoms with Gasteiger partial charge in [-0.15, -0.1) is 0 Å². The molecule has 1 atom stereocenters. The first-order valence-corrected chi connectivity index (χ1v) is 8.23. The van der Waals surface area contributed by atoms with Crippen molar-refractivity contribution in [3.63, 3.8) is 0 Å². The highest BCUT2D eigenvalue weighted by atomic mass is 35.5. The Morgan fingerprint density at radius 2 is 2.04 bits per heavy atom. The molecule has 1 aromatic heterocycles. The topological polar surface area (TPSA) is 67.2 Å². The number of nitrogens with zero attached hydrogens (tertiary/aromatic N) is 2. The van der Waals surface area contributed by atoms with Gasteiger partial charge in [0.1, 0.15) is 5.15 Å². The molecule has 1 heterocycles. The minimum Gasteiger partial charge on any atom is -0.394 e. The van der Waals surface area contributed by atoms with Crippen molar-refractivity contribution in [2.24, 2.45) is 0 Å². The zero-order valence-corrected chi connectivity index (χ0v) is 15.0. The number of carbonyl (C=O) groups excluding carboxylic acids is 1. The summed E-state index contributed by atoms with van der Waals surface area (Å²) in [7, 11) is 0. The summed E-state index contributed by atoms with van der Waals surface area (Å²) in [6.07, 6.45) is 3.01. The number of amides is 1. The monoisotopic (exact) mass is 367 g/mol. The summed E-state index contributed by atoms with van der Waals surface area (Å²) in [5.74, 6) is -0.294. The van der Waals surface area contributed by atoms with Gasteiger partial charge in [-0.25, -0.2) is 4.68 Å². The number of aromatic nitrogens is 2. The first kappa shape index (κ1) is 18.5. The third-order valence-corrected chi connectivity index (χ3v) is 4.07. The minimum atomic E-state index is -0.300. The Morgan fingerprint density at radius 3 is 2.67 bits per heavy atom. The summed E-state index contributed by atoms with van der Waals surface area (Å²) in [5, 5.41) is 17.1. The number of hydrogen-bond acceptors (Lipinski definition) is 3. The van der Waals surface area contributed by atoms with Gasteiger partial charge in [-0.3, -0.25) is 4.79 Å². The van der Waals surface area contributed by atoms with Gasteiger partial charge in [-0.2, -0.15) is 5.10 Å². The quantitative estimate of drug-likeness (QED) is 0.771. The third-order valence-electron chi connectivity index (χ3n) is 3.42. The lowest BCUT2D eigenvalue weighted by Crippen LogP contribution is -2.33. The Bertz CT molecular complexity index is 739. The van der Waals surface area contributed by atoms with Crippen LogP contribution in [0.1, 0.15) is 23.7 Å². The second kappa shape index (κ2) is 8.33. The highest BCUT2D eigenvalue weighted by Crippen LogP contribution is 2.22. The van der Waals surface area contributed by atoms with Gasteiger partial charge in [0, 0.05) is 22.7 Å². The average molecular weight is 368 g/mol. The van der Waals surface area contributed by atoms with Crippen molar-refractivity contribution in [1.82, 2.24) is 15.1 Å². The molecule has 0 bridgehead atoms. The van der Waals surface area contributed by atoms with Gasteiger partial charge in [0.15, 0.2) is 0 Å². The molecular weight excluding hydrogens is 349 g/mol. The Kier molecular flexibility index (Phi) is 6.43. The van der Waals surface area contributed by atoms with Crippen molar-refractivity contribution in [3.8, 4) is 0 Å². The Labute approximate surface area is 150 Å². The van der Waals surface area contributed by atoms with Crippen molar-refractivity contribution in [2.75, 3.05) is 6.61 Å². The number of rotatable bonds is 6. The fraction of sp³-hybridized carbons (Fsp3) is 0.294. The fourth-order valence-electron chi connectivity index (χ4n) is 2.12. The second-order valence-corrected chi connectivity index (χ2v) is 6.29. The molecule has 7 heteroatoms. The summed E-state index contributed by atoms with van der Waals surface area (Å²) in [4.78, 5) is 11.7. The maximum atomic E-state index is 11.7. The number of hydrogen-bond donors (Lipinski definition) is 2. The van der Waals surface area contributed by atoms with Crippen molar-refractivity contribution in [1.29, 1.82) is 0 Å². The van der Waals surface area contributed by atoms with Crippen LogP contribution >= 0.6 is 23.2 Å². The highest BCUT2D eigenvalue weighted by Gasteiger charge is 2.12. The van der Waals surface area contributed by atoms with Gasteiger partial charge in [-0.1, -0.05) is 35.3 Å². The minimum absolute atomic E-state index is 0.113. The zero-order valence-electron chi connectivity index (χ0n) is 13.5. The fourth-order valence-corrected chi connectivity index (χ4v) is 2.54. The number of carbonyl (C=O) groups is 1. The Morgan fingerprint density at radius 1 is 1.38 bits per heavy atom. The molecule has 24 heavy (non-hydrogen) atoms. The third kappa shape index (κ3) is 4.84. The Balaban J connectivity index is 2.13. The predicted molar refractivity (Wildman–Crippen MR) is 96.3 cm³/mol. The summed E-state index contributed by atoms with van der Waals surface area (Å²) in [6.45, 7) is 3.95. The summed E-state index contributed by atoms with van der Waals surface area (Å²) < 4.78 is 1.67. The maximum absolute atomic E-state index is 11.7. The molecule has 0 saturated heterocycles. The van der Waals surface area contributed by atoms with E-state index in [4.69, 9.17) is 28.3 Å². The molecule has 0 spiro atoms. The molecule has 1 amide bonds. The van der Waals surface area contributed by atoms with E-state index in [1.165, 1.54) is 6.08 Å². The van der Waals surface area contributed by atoms with E-state index in [0.717, 1.165) is 11.3 Å². The number of benzene rings is 1. The molecule has 128 valence electrons. The molecule has 0 radical (unpaired) electrons. The number of aliphatic hydroxyl groups excluding tert-OH is 1. The van der Waals surface area contributed by atoms with Crippen LogP contribution in [0.4, 0.5) is 0 Å². The van der Waals surface area contributed by atoms with Gasteiger partial charge in [-0.05, 0) is 37.6 Å². The lowest BCUT2D eigenvalue weighted by molar-refractivity contribution is -0.117. The van der Waals surface area contributed by atoms with E-state index >= 15 is 0 Å². The molecule has 1 aromatic carbocycles. The van der Waals surface area contributed by atoms with Crippen molar-refractivity contribution < 1.29 is 9.90 Å². The van der Waals surface area contributed by atoms with Crippen molar-refractivity contribution >= 4 is 35.2 Å². The van der Waals surface area contributed by atoms with Gasteiger partial charge < -0.3 is 10.4 Å². The van der Waals surface area contributed by atoms with Crippen LogP contribution in [-0.2, 0) is 11.3 Å². The van der Waals surface area contributed by atoms with Crippen molar-refractivity contribution in [3.05, 3.63) is 57.3 Å². The SMILES string of the molecule is Cc1nn(Cc2ccc(Cl)cc2)c(Cl)c1/C=C/C(=O)NC(C)CO. The molecule has 2 rings (SSSR count). The molecule has 5 nitrogen and oxygen atoms in total. The van der Waals surface area contributed by atoms with E-state index in [0.29, 0.717) is 22.3 Å². The zero-order chi connectivity index (χ0) is 17.7. The molecule has 0 fully saturated rings. The van der Waals surface area contributed by atoms with Crippen LogP contribution in [0.3, 0.4) is 0 Å². The molecule has 0 aliphatic rings. The smallest absolute Gasteiger partial charge is 0.244 e. The van der Waals surface area contributed by atoms with E-state index in [-0.39, 0.29) is 18.6 Å². The van der Waals surface area contributed by atoms with E-state index < -0.39 is 0 Å². The highest BCUT2D eigenvalue weighted by molar-refractivity contribution is 6.31. The van der Waals surface area contributed by atoms with Gasteiger partial charge in [0.25, 0.3) is 0 Å². The van der Waals surface area contributed by atoms with E-state index in [2.05, 4.69) is 10.4 Å². The summed E-state index contributed by atoms with van der Waals surface area (Å²) >= 11 is 12.3. The molecule has 2 aromatic rings. The Hall–Kier alpha value is -1.82. The molecule has 0 aliphatic carbocycles. The van der Waals surface area contributed by atoms with Crippen LogP contribution in [0.15, 0.2) is 30.3 Å². The first-order chi connectivity index (χ1) is 11.4. The molecule has 0 aliphatic heterocycles. The van der Waals surface area contributed by atoms with Crippen LogP contribution in [0, 0.1) is 6.92 Å². The number of aryl methyl sites for hydroxylation is 1. The van der Waals surface area contributed by atoms with Crippen LogP contribution in [0.25, 0.3) is 6.08 Å². The number of aliphatic hydroxyl groups is 1. The first-order valence-electron chi connectivity index (χ1n) is 7.47. The van der Waals surface area contributed by atoms with Crippen LogP contribution < -0.4 is 5.32 Å². The summed E-state index contributed by atoms with van der Waals surface area (Å²) in [5.41, 5.74) is 2.44. The normalized spacial score (nSPS) is 12.5. The molecular formula is C17H19Cl2N3O2. The largest absolute Gasteiger partial charge is 0.394 e. The second-order valence-electron chi connectivity index (χ2n) is 5.50. The van der Waals surface area contributed by atoms with Crippen LogP contribution in [0.2, 0.25) is 10.2 Å². The summed E-state index contributed by atoms with van der Waals surface area (Å²) in [6, 6.07) is 7.15. The van der Waals surface area contributed by atoms with E-state index in [1.54, 1.807) is 17.7 Å². The molecule has 1 unspecified atom stereocenters. The van der Waals surface area contributed by atoms with E-state index in [9.17, 15) is 4.79 Å². The maximum Gasteiger partial charge on any atom is 0.244 e. The lowest BCUT2D eigenvalue weighted by Gasteiger charge is -2.07. The predicted octanol–water partition coefficient (Wildman–Crippen LogP) is 3.06. The molecule has 2 N–H and O–H groups in total. The standard InChI is InChI=1S/C17H19Cl2N3O2/c1-11(10-23)20-16(24)8-7-15-12(2)21-22(17(15)19)9-13-3-5-14(18)6-4-13/h3-8,11,23H,9-10H2,1-2H3,(H,20,24)/b8-7+. The van der Waals surface area contributed by atoms with E-state index in [1.807, 2.05) is 31.2 Å².